The van der Waals surface area contributed by atoms with Crippen molar-refractivity contribution in [2.75, 3.05) is 25.0 Å². The van der Waals surface area contributed by atoms with Crippen molar-refractivity contribution in [2.24, 2.45) is 0 Å². The molecule has 1 fully saturated rings. The van der Waals surface area contributed by atoms with Crippen molar-refractivity contribution >= 4 is 38.1 Å². The largest absolute Gasteiger partial charge is 0.371 e. The molecule has 1 aliphatic heterocycles. The smallest absolute Gasteiger partial charge is 0.251 e. The van der Waals surface area contributed by atoms with Crippen LogP contribution in [0.15, 0.2) is 48.7 Å². The van der Waals surface area contributed by atoms with Gasteiger partial charge < -0.3 is 10.2 Å². The lowest BCUT2D eigenvalue weighted by molar-refractivity contribution is 0.0963. The molecule has 6 heteroatoms. The highest BCUT2D eigenvalue weighted by Gasteiger charge is 2.15. The third kappa shape index (κ3) is 2.94. The maximum atomic E-state index is 11.7. The van der Waals surface area contributed by atoms with Crippen molar-refractivity contribution in [1.82, 2.24) is 14.7 Å². The van der Waals surface area contributed by atoms with Gasteiger partial charge in [-0.05, 0) is 49.6 Å². The SMILES string of the molecule is CNC(=O)c1ccc(-c2cn3c(n2)sc2cc(N4CCCCC4)ccc23)cc1. The van der Waals surface area contributed by atoms with Gasteiger partial charge in [0.25, 0.3) is 5.91 Å². The Labute approximate surface area is 167 Å². The van der Waals surface area contributed by atoms with Crippen LogP contribution in [0.3, 0.4) is 0 Å². The number of nitrogens with zero attached hydrogens (tertiary/aromatic N) is 3. The van der Waals surface area contributed by atoms with Crippen LogP contribution in [0.1, 0.15) is 29.6 Å². The second-order valence-corrected chi connectivity index (χ2v) is 8.25. The number of thiazole rings is 1. The first-order chi connectivity index (χ1) is 13.7. The van der Waals surface area contributed by atoms with E-state index in [2.05, 4.69) is 39.0 Å². The molecule has 0 spiro atoms. The standard InChI is InChI=1S/C22H22N4OS/c1-23-21(27)16-7-5-15(6-8-16)18-14-26-19-10-9-17(25-11-3-2-4-12-25)13-20(19)28-22(26)24-18/h5-10,13-14H,2-4,11-12H2,1H3,(H,23,27). The first-order valence-electron chi connectivity index (χ1n) is 9.72. The average molecular weight is 391 g/mol. The fraction of sp³-hybridized carbons (Fsp3) is 0.273. The second-order valence-electron chi connectivity index (χ2n) is 7.24. The molecule has 3 heterocycles. The molecule has 4 aromatic rings. The molecule has 28 heavy (non-hydrogen) atoms. The van der Waals surface area contributed by atoms with Crippen molar-refractivity contribution in [3.05, 3.63) is 54.2 Å². The molecule has 0 atom stereocenters. The van der Waals surface area contributed by atoms with E-state index in [-0.39, 0.29) is 5.91 Å². The highest BCUT2D eigenvalue weighted by molar-refractivity contribution is 7.23. The van der Waals surface area contributed by atoms with E-state index in [4.69, 9.17) is 4.98 Å². The topological polar surface area (TPSA) is 49.6 Å². The van der Waals surface area contributed by atoms with Gasteiger partial charge in [-0.25, -0.2) is 4.98 Å². The number of aromatic nitrogens is 2. The number of rotatable bonds is 3. The van der Waals surface area contributed by atoms with E-state index in [0.717, 1.165) is 29.3 Å². The van der Waals surface area contributed by atoms with E-state index in [1.165, 1.54) is 35.2 Å². The number of nitrogens with one attached hydrogen (secondary N) is 1. The summed E-state index contributed by atoms with van der Waals surface area (Å²) in [4.78, 5) is 20.0. The van der Waals surface area contributed by atoms with Crippen molar-refractivity contribution in [3.63, 3.8) is 0 Å². The molecule has 0 bridgehead atoms. The van der Waals surface area contributed by atoms with Crippen molar-refractivity contribution in [1.29, 1.82) is 0 Å². The van der Waals surface area contributed by atoms with Gasteiger partial charge in [-0.15, -0.1) is 0 Å². The van der Waals surface area contributed by atoms with Gasteiger partial charge in [0.15, 0.2) is 4.96 Å². The van der Waals surface area contributed by atoms with Crippen LogP contribution >= 0.6 is 11.3 Å². The summed E-state index contributed by atoms with van der Waals surface area (Å²) in [5.41, 5.74) is 5.12. The molecule has 0 saturated carbocycles. The molecule has 0 radical (unpaired) electrons. The summed E-state index contributed by atoms with van der Waals surface area (Å²) in [6.45, 7) is 2.31. The van der Waals surface area contributed by atoms with Gasteiger partial charge in [0.05, 0.1) is 15.9 Å². The summed E-state index contributed by atoms with van der Waals surface area (Å²) in [5, 5.41) is 2.65. The molecular formula is C22H22N4OS. The van der Waals surface area contributed by atoms with E-state index < -0.39 is 0 Å². The van der Waals surface area contributed by atoms with Crippen molar-refractivity contribution in [2.45, 2.75) is 19.3 Å². The number of carbonyl (C=O) groups excluding carboxylic acids is 1. The zero-order valence-electron chi connectivity index (χ0n) is 15.8. The predicted molar refractivity (Wildman–Crippen MR) is 115 cm³/mol. The Balaban J connectivity index is 1.48. The van der Waals surface area contributed by atoms with Crippen LogP contribution in [0.2, 0.25) is 0 Å². The van der Waals surface area contributed by atoms with Gasteiger partial charge in [-0.3, -0.25) is 9.20 Å². The Hall–Kier alpha value is -2.86. The van der Waals surface area contributed by atoms with E-state index in [9.17, 15) is 4.79 Å². The van der Waals surface area contributed by atoms with Crippen LogP contribution in [0.5, 0.6) is 0 Å². The third-order valence-electron chi connectivity index (χ3n) is 5.47. The molecule has 1 saturated heterocycles. The summed E-state index contributed by atoms with van der Waals surface area (Å²) in [6.07, 6.45) is 6.00. The quantitative estimate of drug-likeness (QED) is 0.558. The lowest BCUT2D eigenvalue weighted by atomic mass is 10.1. The summed E-state index contributed by atoms with van der Waals surface area (Å²) in [7, 11) is 1.64. The Morgan fingerprint density at radius 2 is 1.86 bits per heavy atom. The molecular weight excluding hydrogens is 368 g/mol. The molecule has 5 rings (SSSR count). The number of hydrogen-bond donors (Lipinski definition) is 1. The Morgan fingerprint density at radius 3 is 2.61 bits per heavy atom. The molecule has 0 aliphatic carbocycles. The van der Waals surface area contributed by atoms with Crippen LogP contribution < -0.4 is 10.2 Å². The normalized spacial score (nSPS) is 14.7. The number of anilines is 1. The predicted octanol–water partition coefficient (Wildman–Crippen LogP) is 4.57. The van der Waals surface area contributed by atoms with E-state index in [0.29, 0.717) is 5.56 Å². The van der Waals surface area contributed by atoms with Gasteiger partial charge in [-0.2, -0.15) is 0 Å². The zero-order chi connectivity index (χ0) is 19.1. The highest BCUT2D eigenvalue weighted by atomic mass is 32.1. The lowest BCUT2D eigenvalue weighted by Crippen LogP contribution is -2.29. The van der Waals surface area contributed by atoms with E-state index in [1.807, 2.05) is 24.3 Å². The van der Waals surface area contributed by atoms with Crippen LogP contribution in [0.4, 0.5) is 5.69 Å². The number of carbonyl (C=O) groups is 1. The molecule has 1 N–H and O–H groups in total. The maximum absolute atomic E-state index is 11.7. The van der Waals surface area contributed by atoms with Crippen LogP contribution in [0.25, 0.3) is 26.4 Å². The van der Waals surface area contributed by atoms with Crippen LogP contribution in [0, 0.1) is 0 Å². The van der Waals surface area contributed by atoms with Crippen molar-refractivity contribution in [3.8, 4) is 11.3 Å². The zero-order valence-corrected chi connectivity index (χ0v) is 16.6. The van der Waals surface area contributed by atoms with Crippen LogP contribution in [-0.2, 0) is 0 Å². The number of amides is 1. The van der Waals surface area contributed by atoms with Gasteiger partial charge in [0.2, 0.25) is 0 Å². The van der Waals surface area contributed by atoms with Gasteiger partial charge in [0.1, 0.15) is 0 Å². The van der Waals surface area contributed by atoms with Gasteiger partial charge >= 0.3 is 0 Å². The number of imidazole rings is 1. The molecule has 1 amide bonds. The monoisotopic (exact) mass is 390 g/mol. The second kappa shape index (κ2) is 6.95. The van der Waals surface area contributed by atoms with Gasteiger partial charge in [0, 0.05) is 43.1 Å². The highest BCUT2D eigenvalue weighted by Crippen LogP contribution is 2.33. The number of hydrogen-bond acceptors (Lipinski definition) is 4. The third-order valence-corrected chi connectivity index (χ3v) is 6.49. The summed E-state index contributed by atoms with van der Waals surface area (Å²) in [5.74, 6) is -0.0760. The lowest BCUT2D eigenvalue weighted by Gasteiger charge is -2.28. The first-order valence-corrected chi connectivity index (χ1v) is 10.5. The number of piperidine rings is 1. The fourth-order valence-corrected chi connectivity index (χ4v) is 4.96. The minimum Gasteiger partial charge on any atom is -0.371 e. The van der Waals surface area contributed by atoms with Crippen molar-refractivity contribution < 1.29 is 4.79 Å². The summed E-state index contributed by atoms with van der Waals surface area (Å²) < 4.78 is 3.44. The summed E-state index contributed by atoms with van der Waals surface area (Å²) >= 11 is 1.73. The number of benzene rings is 2. The minimum atomic E-state index is -0.0760. The maximum Gasteiger partial charge on any atom is 0.251 e. The van der Waals surface area contributed by atoms with E-state index >= 15 is 0 Å². The molecule has 142 valence electrons. The molecule has 2 aromatic heterocycles. The summed E-state index contributed by atoms with van der Waals surface area (Å²) in [6, 6.07) is 14.3. The molecule has 0 unspecified atom stereocenters. The minimum absolute atomic E-state index is 0.0760. The Morgan fingerprint density at radius 1 is 1.07 bits per heavy atom. The number of fused-ring (bicyclic) bond motifs is 3. The Kier molecular flexibility index (Phi) is 4.28. The van der Waals surface area contributed by atoms with Crippen LogP contribution in [-0.4, -0.2) is 35.4 Å². The molecule has 2 aromatic carbocycles. The molecule has 1 aliphatic rings. The first kappa shape index (κ1) is 17.3. The molecule has 5 nitrogen and oxygen atoms in total. The van der Waals surface area contributed by atoms with E-state index in [1.54, 1.807) is 18.4 Å². The Bertz CT molecular complexity index is 1150. The average Bonchev–Trinajstić information content (AvgIpc) is 3.31. The fourth-order valence-electron chi connectivity index (χ4n) is 3.91. The van der Waals surface area contributed by atoms with Gasteiger partial charge in [-0.1, -0.05) is 23.5 Å².